The number of carbonyl (C=O) groups is 1. The minimum absolute atomic E-state index is 0.0223. The van der Waals surface area contributed by atoms with Crippen molar-refractivity contribution in [3.8, 4) is 0 Å². The first-order valence-electron chi connectivity index (χ1n) is 9.47. The van der Waals surface area contributed by atoms with Gasteiger partial charge >= 0.3 is 5.97 Å². The van der Waals surface area contributed by atoms with Gasteiger partial charge in [0.05, 0.1) is 18.6 Å². The van der Waals surface area contributed by atoms with Gasteiger partial charge in [-0.2, -0.15) is 0 Å². The Kier molecular flexibility index (Phi) is 11.4. The van der Waals surface area contributed by atoms with E-state index in [1.165, 1.54) is 51.4 Å². The number of rotatable bonds is 12. The van der Waals surface area contributed by atoms with Crippen LogP contribution in [0, 0.1) is 5.92 Å². The average molecular weight is 312 g/mol. The molecule has 1 saturated carbocycles. The molecule has 0 aromatic carbocycles. The van der Waals surface area contributed by atoms with Crippen LogP contribution >= 0.6 is 0 Å². The number of methoxy groups -OCH3 is 1. The van der Waals surface area contributed by atoms with Crippen LogP contribution in [0.15, 0.2) is 0 Å². The monoisotopic (exact) mass is 312 g/mol. The molecule has 0 bridgehead atoms. The lowest BCUT2D eigenvalue weighted by molar-refractivity contribution is -0.150. The van der Waals surface area contributed by atoms with Gasteiger partial charge in [-0.25, -0.2) is 0 Å². The van der Waals surface area contributed by atoms with Crippen LogP contribution in [0.5, 0.6) is 0 Å². The van der Waals surface area contributed by atoms with Crippen LogP contribution in [-0.4, -0.2) is 25.8 Å². The van der Waals surface area contributed by atoms with Crippen molar-refractivity contribution >= 4 is 5.97 Å². The van der Waals surface area contributed by atoms with Crippen molar-refractivity contribution in [1.29, 1.82) is 0 Å². The predicted molar refractivity (Wildman–Crippen MR) is 90.9 cm³/mol. The summed E-state index contributed by atoms with van der Waals surface area (Å²) in [5.74, 6) is 0.138. The summed E-state index contributed by atoms with van der Waals surface area (Å²) in [7, 11) is 1.76. The van der Waals surface area contributed by atoms with E-state index in [0.717, 1.165) is 32.1 Å². The average Bonchev–Trinajstić information content (AvgIpc) is 2.56. The van der Waals surface area contributed by atoms with Crippen molar-refractivity contribution in [1.82, 2.24) is 0 Å². The molecule has 0 spiro atoms. The molecule has 0 heterocycles. The molecule has 0 aromatic heterocycles. The number of ether oxygens (including phenoxy) is 2. The Hall–Kier alpha value is -0.570. The van der Waals surface area contributed by atoms with Gasteiger partial charge in [0.2, 0.25) is 0 Å². The van der Waals surface area contributed by atoms with E-state index in [2.05, 4.69) is 6.92 Å². The molecule has 3 nitrogen and oxygen atoms in total. The molecule has 1 aliphatic rings. The Morgan fingerprint density at radius 3 is 1.95 bits per heavy atom. The lowest BCUT2D eigenvalue weighted by atomic mass is 9.87. The van der Waals surface area contributed by atoms with Crippen LogP contribution in [0.1, 0.15) is 90.4 Å². The van der Waals surface area contributed by atoms with E-state index < -0.39 is 0 Å². The van der Waals surface area contributed by atoms with Gasteiger partial charge in [-0.3, -0.25) is 4.79 Å². The van der Waals surface area contributed by atoms with Gasteiger partial charge in [-0.15, -0.1) is 0 Å². The highest BCUT2D eigenvalue weighted by molar-refractivity contribution is 5.72. The topological polar surface area (TPSA) is 35.5 Å². The second kappa shape index (κ2) is 12.9. The Morgan fingerprint density at radius 2 is 1.41 bits per heavy atom. The Balaban J connectivity index is 1.89. The highest BCUT2D eigenvalue weighted by Gasteiger charge is 2.27. The van der Waals surface area contributed by atoms with Crippen LogP contribution in [0.4, 0.5) is 0 Å². The maximum atomic E-state index is 12.0. The smallest absolute Gasteiger partial charge is 0.308 e. The second-order valence-corrected chi connectivity index (χ2v) is 6.71. The Morgan fingerprint density at radius 1 is 0.864 bits per heavy atom. The van der Waals surface area contributed by atoms with Gasteiger partial charge in [-0.1, -0.05) is 58.3 Å². The lowest BCUT2D eigenvalue weighted by Gasteiger charge is -2.26. The predicted octanol–water partition coefficient (Wildman–Crippen LogP) is 5.27. The highest BCUT2D eigenvalue weighted by atomic mass is 16.5. The van der Waals surface area contributed by atoms with Gasteiger partial charge in [0.25, 0.3) is 0 Å². The van der Waals surface area contributed by atoms with E-state index in [1.54, 1.807) is 7.11 Å². The zero-order chi connectivity index (χ0) is 16.0. The van der Waals surface area contributed by atoms with Gasteiger partial charge in [-0.05, 0) is 32.1 Å². The van der Waals surface area contributed by atoms with E-state index >= 15 is 0 Å². The van der Waals surface area contributed by atoms with E-state index in [0.29, 0.717) is 12.7 Å². The summed E-state index contributed by atoms with van der Waals surface area (Å²) >= 11 is 0. The summed E-state index contributed by atoms with van der Waals surface area (Å²) < 4.78 is 10.8. The second-order valence-electron chi connectivity index (χ2n) is 6.71. The molecule has 1 aliphatic carbocycles. The number of carbonyl (C=O) groups excluding carboxylic acids is 1. The molecule has 1 rings (SSSR count). The minimum atomic E-state index is 0.0223. The largest absolute Gasteiger partial charge is 0.465 e. The first-order valence-corrected chi connectivity index (χ1v) is 9.47. The maximum absolute atomic E-state index is 12.0. The number of hydrogen-bond acceptors (Lipinski definition) is 3. The van der Waals surface area contributed by atoms with Crippen molar-refractivity contribution in [2.24, 2.45) is 5.92 Å². The van der Waals surface area contributed by atoms with Crippen LogP contribution in [-0.2, 0) is 14.3 Å². The Bertz CT molecular complexity index is 270. The van der Waals surface area contributed by atoms with E-state index in [1.807, 2.05) is 0 Å². The van der Waals surface area contributed by atoms with E-state index in [9.17, 15) is 4.79 Å². The molecule has 0 saturated heterocycles. The quantitative estimate of drug-likeness (QED) is 0.364. The molecular formula is C19H36O3. The van der Waals surface area contributed by atoms with Crippen LogP contribution in [0.25, 0.3) is 0 Å². The zero-order valence-corrected chi connectivity index (χ0v) is 14.8. The maximum Gasteiger partial charge on any atom is 0.308 e. The third-order valence-electron chi connectivity index (χ3n) is 4.83. The fourth-order valence-electron chi connectivity index (χ4n) is 3.24. The third kappa shape index (κ3) is 8.77. The lowest BCUT2D eigenvalue weighted by Crippen LogP contribution is -2.27. The molecule has 1 fully saturated rings. The molecule has 0 aliphatic heterocycles. The van der Waals surface area contributed by atoms with Crippen molar-refractivity contribution < 1.29 is 14.3 Å². The van der Waals surface area contributed by atoms with Crippen LogP contribution in [0.2, 0.25) is 0 Å². The molecule has 0 unspecified atom stereocenters. The molecule has 0 aromatic rings. The Labute approximate surface area is 137 Å². The summed E-state index contributed by atoms with van der Waals surface area (Å²) in [5.41, 5.74) is 0. The summed E-state index contributed by atoms with van der Waals surface area (Å²) in [6, 6.07) is 0. The molecule has 0 atom stereocenters. The normalized spacial score (nSPS) is 21.7. The zero-order valence-electron chi connectivity index (χ0n) is 14.8. The van der Waals surface area contributed by atoms with Crippen LogP contribution < -0.4 is 0 Å². The van der Waals surface area contributed by atoms with Crippen LogP contribution in [0.3, 0.4) is 0 Å². The summed E-state index contributed by atoms with van der Waals surface area (Å²) in [6.45, 7) is 2.86. The van der Waals surface area contributed by atoms with Gasteiger partial charge in [0.15, 0.2) is 0 Å². The molecule has 0 amide bonds. The van der Waals surface area contributed by atoms with Crippen molar-refractivity contribution in [2.45, 2.75) is 96.5 Å². The first-order chi connectivity index (χ1) is 10.8. The van der Waals surface area contributed by atoms with E-state index in [-0.39, 0.29) is 11.9 Å². The molecule has 22 heavy (non-hydrogen) atoms. The minimum Gasteiger partial charge on any atom is -0.465 e. The molecular weight excluding hydrogens is 276 g/mol. The first kappa shape index (κ1) is 19.5. The third-order valence-corrected chi connectivity index (χ3v) is 4.83. The number of unbranched alkanes of at least 4 members (excludes halogenated alkanes) is 8. The fourth-order valence-corrected chi connectivity index (χ4v) is 3.24. The summed E-state index contributed by atoms with van der Waals surface area (Å²) in [5, 5.41) is 0. The summed E-state index contributed by atoms with van der Waals surface area (Å²) in [6.07, 6.45) is 15.8. The van der Waals surface area contributed by atoms with Gasteiger partial charge in [0, 0.05) is 7.11 Å². The highest BCUT2D eigenvalue weighted by Crippen LogP contribution is 2.26. The molecule has 130 valence electrons. The van der Waals surface area contributed by atoms with Crippen molar-refractivity contribution in [3.05, 3.63) is 0 Å². The van der Waals surface area contributed by atoms with Gasteiger partial charge in [0.1, 0.15) is 0 Å². The standard InChI is InChI=1S/C19H36O3/c1-3-4-5-6-7-8-9-10-11-16-22-19(20)17-12-14-18(21-2)15-13-17/h17-18H,3-16H2,1-2H3. The molecule has 0 N–H and O–H groups in total. The molecule has 3 heteroatoms. The molecule has 0 radical (unpaired) electrons. The van der Waals surface area contributed by atoms with E-state index in [4.69, 9.17) is 9.47 Å². The van der Waals surface area contributed by atoms with Crippen molar-refractivity contribution in [3.63, 3.8) is 0 Å². The van der Waals surface area contributed by atoms with Crippen molar-refractivity contribution in [2.75, 3.05) is 13.7 Å². The fraction of sp³-hybridized carbons (Fsp3) is 0.947. The summed E-state index contributed by atoms with van der Waals surface area (Å²) in [4.78, 5) is 12.0. The SMILES string of the molecule is CCCCCCCCCCCOC(=O)C1CCC(OC)CC1. The number of esters is 1. The van der Waals surface area contributed by atoms with Gasteiger partial charge < -0.3 is 9.47 Å². The number of hydrogen-bond donors (Lipinski definition) is 0.